The van der Waals surface area contributed by atoms with Crippen LogP contribution in [0.15, 0.2) is 18.7 Å². The van der Waals surface area contributed by atoms with Crippen LogP contribution in [0.5, 0.6) is 0 Å². The van der Waals surface area contributed by atoms with E-state index in [1.807, 2.05) is 0 Å². The Morgan fingerprint density at radius 1 is 1.40 bits per heavy atom. The van der Waals surface area contributed by atoms with E-state index in [2.05, 4.69) is 9.97 Å². The predicted molar refractivity (Wildman–Crippen MR) is 35.1 cm³/mol. The van der Waals surface area contributed by atoms with Gasteiger partial charge in [0.1, 0.15) is 0 Å². The van der Waals surface area contributed by atoms with Crippen molar-refractivity contribution in [2.45, 2.75) is 0 Å². The van der Waals surface area contributed by atoms with Gasteiger partial charge in [-0.15, -0.1) is 7.69 Å². The molecule has 1 aromatic rings. The third-order valence-corrected chi connectivity index (χ3v) is 0.406. The molecule has 3 N–H and O–H groups in total. The van der Waals surface area contributed by atoms with Crippen LogP contribution in [0.2, 0.25) is 0 Å². The number of imidazole rings is 1. The summed E-state index contributed by atoms with van der Waals surface area (Å²) in [5.74, 6) is 0. The summed E-state index contributed by atoms with van der Waals surface area (Å²) in [6.07, 6.45) is 5.08. The summed E-state index contributed by atoms with van der Waals surface area (Å²) < 4.78 is 0. The van der Waals surface area contributed by atoms with E-state index in [1.165, 1.54) is 0 Å². The minimum absolute atomic E-state index is 0. The Labute approximate surface area is 75.3 Å². The van der Waals surface area contributed by atoms with E-state index in [1.54, 1.807) is 18.7 Å². The minimum Gasteiger partial charge on any atom is -0.896 e. The Hall–Kier alpha value is -0.0788. The fourth-order valence-corrected chi connectivity index (χ4v) is 0.215. The maximum atomic E-state index is 8.38. The molecule has 0 aliphatic carbocycles. The smallest absolute Gasteiger partial charge is 0.896 e. The molecule has 0 amide bonds. The van der Waals surface area contributed by atoms with Gasteiger partial charge in [0.15, 0.2) is 0 Å². The van der Waals surface area contributed by atoms with E-state index in [9.17, 15) is 0 Å². The summed E-state index contributed by atoms with van der Waals surface area (Å²) >= 11 is 0. The molecule has 0 atom stereocenters. The molecular weight excluding hydrogens is 147 g/mol. The second-order valence-corrected chi connectivity index (χ2v) is 0.878. The van der Waals surface area contributed by atoms with E-state index >= 15 is 0 Å². The molecule has 0 aromatic carbocycles. The third-order valence-electron chi connectivity index (χ3n) is 0.406. The summed E-state index contributed by atoms with van der Waals surface area (Å²) in [4.78, 5) is 6.42. The van der Waals surface area contributed by atoms with Gasteiger partial charge in [-0.2, -0.15) is 0 Å². The van der Waals surface area contributed by atoms with Crippen LogP contribution >= 0.6 is 0 Å². The van der Waals surface area contributed by atoms with Crippen LogP contribution in [0.4, 0.5) is 0 Å². The quantitative estimate of drug-likeness (QED) is 0.387. The van der Waals surface area contributed by atoms with E-state index in [0.29, 0.717) is 0 Å². The zero-order valence-electron chi connectivity index (χ0n) is 5.41. The van der Waals surface area contributed by atoms with Crippen molar-refractivity contribution < 1.29 is 15.5 Å². The van der Waals surface area contributed by atoms with Gasteiger partial charge in [-0.25, -0.2) is 4.98 Å². The molecule has 0 aliphatic heterocycles. The van der Waals surface area contributed by atoms with E-state index < -0.39 is 7.69 Å². The van der Waals surface area contributed by atoms with Crippen LogP contribution < -0.4 is 10.0 Å². The number of nitrogens with one attached hydrogen (secondary N) is 1. The number of nitrogens with zero attached hydrogens (tertiary/aromatic N) is 1. The van der Waals surface area contributed by atoms with Gasteiger partial charge >= 0.3 is 23.1 Å². The van der Waals surface area contributed by atoms with Gasteiger partial charge in [0.05, 0.1) is 6.33 Å². The third kappa shape index (κ3) is 15.7. The first-order valence-electron chi connectivity index (χ1n) is 2.00. The number of hydrogen-bond acceptors (Lipinski definition) is 3. The van der Waals surface area contributed by atoms with Crippen molar-refractivity contribution in [3.8, 4) is 0 Å². The first-order chi connectivity index (χ1) is 3.91. The Bertz CT molecular complexity index is 88.6. The van der Waals surface area contributed by atoms with Crippen molar-refractivity contribution in [2.75, 3.05) is 0 Å². The Morgan fingerprint density at radius 2 is 1.90 bits per heavy atom. The van der Waals surface area contributed by atoms with Gasteiger partial charge in [-0.3, -0.25) is 0 Å². The molecule has 0 spiro atoms. The monoisotopic (exact) mass is 154 g/mol. The molecule has 0 bridgehead atoms. The number of aromatic amines is 1. The van der Waals surface area contributed by atoms with Crippen LogP contribution in [0.25, 0.3) is 0 Å². The molecule has 0 saturated heterocycles. The van der Waals surface area contributed by atoms with Gasteiger partial charge in [-0.1, -0.05) is 0 Å². The number of rotatable bonds is 0. The maximum absolute atomic E-state index is 8.38. The summed E-state index contributed by atoms with van der Waals surface area (Å²) in [5, 5.41) is 16.8. The molecule has 52 valence electrons. The van der Waals surface area contributed by atoms with Crippen molar-refractivity contribution in [1.29, 1.82) is 0 Å². The fraction of sp³-hybridized carbons (Fsp3) is 0. The SMILES string of the molecule is O.[Mg+2].[O-]B[O-].c1c[nH]cn1. The van der Waals surface area contributed by atoms with Gasteiger partial charge in [0.2, 0.25) is 0 Å². The van der Waals surface area contributed by atoms with Crippen molar-refractivity contribution in [3.05, 3.63) is 18.7 Å². The van der Waals surface area contributed by atoms with Gasteiger partial charge in [0.25, 0.3) is 0 Å². The zero-order chi connectivity index (χ0) is 6.24. The summed E-state index contributed by atoms with van der Waals surface area (Å²) in [7, 11) is -1.25. The summed E-state index contributed by atoms with van der Waals surface area (Å²) in [6, 6.07) is 0. The van der Waals surface area contributed by atoms with E-state index in [0.717, 1.165) is 0 Å². The maximum Gasteiger partial charge on any atom is 2.00 e. The molecule has 0 fully saturated rings. The first-order valence-corrected chi connectivity index (χ1v) is 2.00. The van der Waals surface area contributed by atoms with Gasteiger partial charge < -0.3 is 20.5 Å². The molecule has 1 heterocycles. The Kier molecular flexibility index (Phi) is 26.3. The van der Waals surface area contributed by atoms with Crippen molar-refractivity contribution in [3.63, 3.8) is 0 Å². The van der Waals surface area contributed by atoms with Crippen LogP contribution in [0.1, 0.15) is 0 Å². The molecular formula is C3H7BMgN2O3. The minimum atomic E-state index is -1.25. The molecule has 0 aliphatic rings. The van der Waals surface area contributed by atoms with Crippen LogP contribution in [-0.4, -0.2) is 46.2 Å². The van der Waals surface area contributed by atoms with Gasteiger partial charge in [-0.05, 0) is 0 Å². The zero-order valence-corrected chi connectivity index (χ0v) is 6.82. The summed E-state index contributed by atoms with van der Waals surface area (Å²) in [5.41, 5.74) is 0. The number of hydrogen-bond donors (Lipinski definition) is 1. The second kappa shape index (κ2) is 16.0. The molecule has 1 rings (SSSR count). The topological polar surface area (TPSA) is 106 Å². The fourth-order valence-electron chi connectivity index (χ4n) is 0.215. The normalized spacial score (nSPS) is 5.40. The Balaban J connectivity index is -0.0000000900. The van der Waals surface area contributed by atoms with Crippen LogP contribution in [0, 0.1) is 0 Å². The average molecular weight is 154 g/mol. The predicted octanol–water partition coefficient (Wildman–Crippen LogP) is -3.82. The van der Waals surface area contributed by atoms with Crippen LogP contribution in [0.3, 0.4) is 0 Å². The van der Waals surface area contributed by atoms with Crippen molar-refractivity contribution in [2.24, 2.45) is 0 Å². The molecule has 0 unspecified atom stereocenters. The molecule has 0 radical (unpaired) electrons. The van der Waals surface area contributed by atoms with Crippen molar-refractivity contribution in [1.82, 2.24) is 9.97 Å². The second-order valence-electron chi connectivity index (χ2n) is 0.878. The summed E-state index contributed by atoms with van der Waals surface area (Å²) in [6.45, 7) is 0. The van der Waals surface area contributed by atoms with E-state index in [-0.39, 0.29) is 28.5 Å². The number of H-pyrrole nitrogens is 1. The van der Waals surface area contributed by atoms with Gasteiger partial charge in [0, 0.05) is 12.4 Å². The van der Waals surface area contributed by atoms with Crippen LogP contribution in [-0.2, 0) is 0 Å². The molecule has 1 aromatic heterocycles. The molecule has 7 heteroatoms. The van der Waals surface area contributed by atoms with Crippen molar-refractivity contribution >= 4 is 30.7 Å². The Morgan fingerprint density at radius 3 is 2.00 bits per heavy atom. The first kappa shape index (κ1) is 16.5. The molecule has 5 nitrogen and oxygen atoms in total. The van der Waals surface area contributed by atoms with E-state index in [4.69, 9.17) is 10.0 Å². The number of aromatic nitrogens is 2. The standard InChI is InChI=1S/C3H4N2.BHO2.Mg.H2O/c1-2-5-3-4-1;2-1-3;;/h1-3H,(H,4,5);1H;;1H2/q;-2;+2;. The largest absolute Gasteiger partial charge is 2.00 e. The molecule has 0 saturated carbocycles. The molecule has 10 heavy (non-hydrogen) atoms. The average Bonchev–Trinajstić information content (AvgIpc) is 2.17.